The van der Waals surface area contributed by atoms with Crippen LogP contribution >= 0.6 is 0 Å². The quantitative estimate of drug-likeness (QED) is 0.834. The number of aryl methyl sites for hydroxylation is 1. The Morgan fingerprint density at radius 2 is 1.79 bits per heavy atom. The maximum Gasteiger partial charge on any atom is 0.256 e. The SMILES string of the molecule is Cc1cccc(Nc2ccccc2C(=O)N2CCN(CC3CCCO3)CC2)c1C. The second-order valence-electron chi connectivity index (χ2n) is 8.15. The van der Waals surface area contributed by atoms with E-state index in [4.69, 9.17) is 4.74 Å². The molecule has 0 saturated carbocycles. The van der Waals surface area contributed by atoms with Crippen molar-refractivity contribution >= 4 is 17.3 Å². The van der Waals surface area contributed by atoms with Crippen molar-refractivity contribution < 1.29 is 9.53 Å². The molecule has 0 aliphatic carbocycles. The van der Waals surface area contributed by atoms with E-state index in [1.54, 1.807) is 0 Å². The highest BCUT2D eigenvalue weighted by molar-refractivity contribution is 6.00. The summed E-state index contributed by atoms with van der Waals surface area (Å²) in [5.41, 5.74) is 5.10. The van der Waals surface area contributed by atoms with Gasteiger partial charge in [-0.15, -0.1) is 0 Å². The first-order valence-corrected chi connectivity index (χ1v) is 10.7. The first kappa shape index (κ1) is 19.9. The van der Waals surface area contributed by atoms with Gasteiger partial charge in [0, 0.05) is 45.0 Å². The van der Waals surface area contributed by atoms with Crippen LogP contribution in [-0.2, 0) is 4.74 Å². The number of carbonyl (C=O) groups excluding carboxylic acids is 1. The van der Waals surface area contributed by atoms with Crippen LogP contribution in [0.4, 0.5) is 11.4 Å². The lowest BCUT2D eigenvalue weighted by atomic mass is 10.1. The van der Waals surface area contributed by atoms with Crippen LogP contribution in [0, 0.1) is 13.8 Å². The summed E-state index contributed by atoms with van der Waals surface area (Å²) in [6.07, 6.45) is 2.71. The van der Waals surface area contributed by atoms with Gasteiger partial charge in [0.05, 0.1) is 17.4 Å². The van der Waals surface area contributed by atoms with Crippen LogP contribution in [0.3, 0.4) is 0 Å². The van der Waals surface area contributed by atoms with E-state index in [2.05, 4.69) is 36.2 Å². The molecule has 154 valence electrons. The number of anilines is 2. The zero-order chi connectivity index (χ0) is 20.2. The van der Waals surface area contributed by atoms with E-state index in [1.165, 1.54) is 17.5 Å². The standard InChI is InChI=1S/C24H31N3O2/c1-18-7-5-11-22(19(18)2)25-23-10-4-3-9-21(23)24(28)27-14-12-26(13-15-27)17-20-8-6-16-29-20/h3-5,7,9-11,20,25H,6,8,12-17H2,1-2H3. The van der Waals surface area contributed by atoms with Crippen LogP contribution in [0.25, 0.3) is 0 Å². The summed E-state index contributed by atoms with van der Waals surface area (Å²) in [5, 5.41) is 3.48. The summed E-state index contributed by atoms with van der Waals surface area (Å²) in [6.45, 7) is 9.46. The van der Waals surface area contributed by atoms with Crippen molar-refractivity contribution in [3.05, 3.63) is 59.2 Å². The van der Waals surface area contributed by atoms with Gasteiger partial charge in [0.15, 0.2) is 0 Å². The number of nitrogens with zero attached hydrogens (tertiary/aromatic N) is 2. The highest BCUT2D eigenvalue weighted by atomic mass is 16.5. The number of hydrogen-bond donors (Lipinski definition) is 1. The molecule has 0 spiro atoms. The fraction of sp³-hybridized carbons (Fsp3) is 0.458. The number of ether oxygens (including phenoxy) is 1. The van der Waals surface area contributed by atoms with E-state index in [0.717, 1.165) is 62.7 Å². The number of para-hydroxylation sites is 1. The van der Waals surface area contributed by atoms with Crippen molar-refractivity contribution in [3.8, 4) is 0 Å². The van der Waals surface area contributed by atoms with E-state index < -0.39 is 0 Å². The molecular weight excluding hydrogens is 362 g/mol. The smallest absolute Gasteiger partial charge is 0.256 e. The minimum absolute atomic E-state index is 0.107. The van der Waals surface area contributed by atoms with Gasteiger partial charge in [-0.3, -0.25) is 9.69 Å². The Bertz CT molecular complexity index is 853. The summed E-state index contributed by atoms with van der Waals surface area (Å²) >= 11 is 0. The summed E-state index contributed by atoms with van der Waals surface area (Å²) < 4.78 is 5.76. The first-order valence-electron chi connectivity index (χ1n) is 10.7. The monoisotopic (exact) mass is 393 g/mol. The molecule has 5 heteroatoms. The number of hydrogen-bond acceptors (Lipinski definition) is 4. The lowest BCUT2D eigenvalue weighted by Gasteiger charge is -2.36. The third-order valence-electron chi connectivity index (χ3n) is 6.18. The van der Waals surface area contributed by atoms with E-state index in [9.17, 15) is 4.79 Å². The summed E-state index contributed by atoms with van der Waals surface area (Å²) in [7, 11) is 0. The van der Waals surface area contributed by atoms with Crippen molar-refractivity contribution in [2.24, 2.45) is 0 Å². The maximum absolute atomic E-state index is 13.3. The van der Waals surface area contributed by atoms with Crippen LogP contribution in [-0.4, -0.2) is 61.1 Å². The minimum Gasteiger partial charge on any atom is -0.377 e. The van der Waals surface area contributed by atoms with Gasteiger partial charge in [-0.05, 0) is 56.0 Å². The van der Waals surface area contributed by atoms with Gasteiger partial charge in [-0.25, -0.2) is 0 Å². The molecule has 2 aromatic carbocycles. The largest absolute Gasteiger partial charge is 0.377 e. The molecule has 0 bridgehead atoms. The Morgan fingerprint density at radius 1 is 1.03 bits per heavy atom. The Hall–Kier alpha value is -2.37. The predicted molar refractivity (Wildman–Crippen MR) is 117 cm³/mol. The fourth-order valence-electron chi connectivity index (χ4n) is 4.19. The Kier molecular flexibility index (Phi) is 6.16. The van der Waals surface area contributed by atoms with Crippen molar-refractivity contribution in [1.29, 1.82) is 0 Å². The molecule has 2 saturated heterocycles. The van der Waals surface area contributed by atoms with Crippen molar-refractivity contribution in [2.45, 2.75) is 32.8 Å². The number of rotatable bonds is 5. The van der Waals surface area contributed by atoms with Gasteiger partial charge in [-0.2, -0.15) is 0 Å². The first-order chi connectivity index (χ1) is 14.1. The van der Waals surface area contributed by atoms with Gasteiger partial charge in [0.1, 0.15) is 0 Å². The third kappa shape index (κ3) is 4.62. The second kappa shape index (κ2) is 8.97. The predicted octanol–water partition coefficient (Wildman–Crippen LogP) is 3.98. The molecule has 4 rings (SSSR count). The van der Waals surface area contributed by atoms with Gasteiger partial charge in [0.2, 0.25) is 0 Å². The molecule has 2 fully saturated rings. The zero-order valence-electron chi connectivity index (χ0n) is 17.5. The van der Waals surface area contributed by atoms with Gasteiger partial charge in [0.25, 0.3) is 5.91 Å². The van der Waals surface area contributed by atoms with E-state index >= 15 is 0 Å². The van der Waals surface area contributed by atoms with E-state index in [0.29, 0.717) is 6.10 Å². The summed E-state index contributed by atoms with van der Waals surface area (Å²) in [6, 6.07) is 14.0. The number of nitrogens with one attached hydrogen (secondary N) is 1. The number of piperazine rings is 1. The lowest BCUT2D eigenvalue weighted by molar-refractivity contribution is 0.0433. The average molecular weight is 394 g/mol. The number of benzene rings is 2. The van der Waals surface area contributed by atoms with Crippen LogP contribution in [0.5, 0.6) is 0 Å². The van der Waals surface area contributed by atoms with Crippen molar-refractivity contribution in [1.82, 2.24) is 9.80 Å². The van der Waals surface area contributed by atoms with Crippen molar-refractivity contribution in [2.75, 3.05) is 44.6 Å². The second-order valence-corrected chi connectivity index (χ2v) is 8.15. The molecule has 1 amide bonds. The average Bonchev–Trinajstić information content (AvgIpc) is 3.25. The summed E-state index contributed by atoms with van der Waals surface area (Å²) in [4.78, 5) is 17.7. The molecule has 29 heavy (non-hydrogen) atoms. The van der Waals surface area contributed by atoms with E-state index in [-0.39, 0.29) is 5.91 Å². The van der Waals surface area contributed by atoms with Gasteiger partial charge >= 0.3 is 0 Å². The Balaban J connectivity index is 1.42. The van der Waals surface area contributed by atoms with Gasteiger partial charge < -0.3 is 15.0 Å². The molecule has 1 unspecified atom stereocenters. The molecule has 2 heterocycles. The Morgan fingerprint density at radius 3 is 2.55 bits per heavy atom. The van der Waals surface area contributed by atoms with Crippen LogP contribution in [0.2, 0.25) is 0 Å². The lowest BCUT2D eigenvalue weighted by Crippen LogP contribution is -2.50. The normalized spacial score (nSPS) is 20.1. The molecule has 0 aromatic heterocycles. The van der Waals surface area contributed by atoms with Gasteiger partial charge in [-0.1, -0.05) is 24.3 Å². The third-order valence-corrected chi connectivity index (χ3v) is 6.18. The molecule has 5 nitrogen and oxygen atoms in total. The highest BCUT2D eigenvalue weighted by Crippen LogP contribution is 2.26. The molecule has 0 radical (unpaired) electrons. The number of amides is 1. The van der Waals surface area contributed by atoms with Crippen LogP contribution < -0.4 is 5.32 Å². The molecular formula is C24H31N3O2. The maximum atomic E-state index is 13.3. The van der Waals surface area contributed by atoms with E-state index in [1.807, 2.05) is 35.2 Å². The minimum atomic E-state index is 0.107. The highest BCUT2D eigenvalue weighted by Gasteiger charge is 2.26. The van der Waals surface area contributed by atoms with Crippen LogP contribution in [0.15, 0.2) is 42.5 Å². The molecule has 1 atom stereocenters. The summed E-state index contributed by atoms with van der Waals surface area (Å²) in [5.74, 6) is 0.107. The fourth-order valence-corrected chi connectivity index (χ4v) is 4.19. The molecule has 1 N–H and O–H groups in total. The topological polar surface area (TPSA) is 44.8 Å². The Labute approximate surface area is 173 Å². The number of carbonyl (C=O) groups is 1. The zero-order valence-corrected chi connectivity index (χ0v) is 17.5. The van der Waals surface area contributed by atoms with Crippen LogP contribution in [0.1, 0.15) is 34.3 Å². The van der Waals surface area contributed by atoms with Crippen molar-refractivity contribution in [3.63, 3.8) is 0 Å². The molecule has 2 aliphatic rings. The molecule has 2 aromatic rings. The molecule has 2 aliphatic heterocycles.